The molecule has 20 heavy (non-hydrogen) atoms. The van der Waals surface area contributed by atoms with Crippen LogP contribution in [0.2, 0.25) is 0 Å². The van der Waals surface area contributed by atoms with E-state index in [1.54, 1.807) is 6.92 Å². The molecule has 6 heteroatoms. The Kier molecular flexibility index (Phi) is 9.80. The van der Waals surface area contributed by atoms with Crippen LogP contribution in [-0.4, -0.2) is 54.9 Å². The van der Waals surface area contributed by atoms with E-state index < -0.39 is 11.9 Å². The Hall–Kier alpha value is -1.30. The van der Waals surface area contributed by atoms with E-state index in [2.05, 4.69) is 19.2 Å². The molecule has 1 atom stereocenters. The highest BCUT2D eigenvalue weighted by Gasteiger charge is 2.18. The molecule has 0 spiro atoms. The van der Waals surface area contributed by atoms with Crippen LogP contribution in [0.25, 0.3) is 0 Å². The fraction of sp³-hybridized carbons (Fsp3) is 0.857. The summed E-state index contributed by atoms with van der Waals surface area (Å²) in [5.74, 6) is -0.853. The molecule has 0 fully saturated rings. The normalized spacial score (nSPS) is 12.2. The van der Waals surface area contributed by atoms with E-state index in [0.29, 0.717) is 32.2 Å². The molecule has 118 valence electrons. The van der Waals surface area contributed by atoms with Gasteiger partial charge in [-0.25, -0.2) is 4.79 Å². The monoisotopic (exact) mass is 288 g/mol. The molecule has 0 radical (unpaired) electrons. The van der Waals surface area contributed by atoms with Crippen molar-refractivity contribution in [2.24, 2.45) is 11.8 Å². The maximum atomic E-state index is 11.8. The molecule has 0 rings (SSSR count). The maximum absolute atomic E-state index is 11.8. The number of ether oxygens (including phenoxy) is 1. The summed E-state index contributed by atoms with van der Waals surface area (Å²) in [4.78, 5) is 24.1. The predicted molar refractivity (Wildman–Crippen MR) is 77.7 cm³/mol. The van der Waals surface area contributed by atoms with Gasteiger partial charge < -0.3 is 20.1 Å². The lowest BCUT2D eigenvalue weighted by molar-refractivity contribution is -0.141. The van der Waals surface area contributed by atoms with Crippen LogP contribution < -0.4 is 5.32 Å². The number of carbonyl (C=O) groups is 2. The van der Waals surface area contributed by atoms with Crippen molar-refractivity contribution in [1.29, 1.82) is 0 Å². The van der Waals surface area contributed by atoms with Gasteiger partial charge in [0.25, 0.3) is 0 Å². The standard InChI is InChI=1S/C14H28N2O4/c1-5-16(10-12(4)13(17)18)14(19)15-7-9-20-8-6-11(2)3/h11-12H,5-10H2,1-4H3,(H,15,19)(H,17,18). The lowest BCUT2D eigenvalue weighted by atomic mass is 10.1. The quantitative estimate of drug-likeness (QED) is 0.601. The molecule has 6 nitrogen and oxygen atoms in total. The van der Waals surface area contributed by atoms with Crippen LogP contribution in [0.15, 0.2) is 0 Å². The van der Waals surface area contributed by atoms with E-state index in [1.165, 1.54) is 4.90 Å². The molecular formula is C14H28N2O4. The molecule has 0 aromatic carbocycles. The Labute approximate surface area is 121 Å². The number of hydrogen-bond acceptors (Lipinski definition) is 3. The third kappa shape index (κ3) is 8.74. The molecule has 2 amide bonds. The summed E-state index contributed by atoms with van der Waals surface area (Å²) in [7, 11) is 0. The van der Waals surface area contributed by atoms with Gasteiger partial charge in [-0.2, -0.15) is 0 Å². The lowest BCUT2D eigenvalue weighted by Gasteiger charge is -2.23. The molecule has 2 N–H and O–H groups in total. The molecule has 0 aliphatic rings. The van der Waals surface area contributed by atoms with Gasteiger partial charge in [0.1, 0.15) is 0 Å². The van der Waals surface area contributed by atoms with Gasteiger partial charge >= 0.3 is 12.0 Å². The summed E-state index contributed by atoms with van der Waals surface area (Å²) in [6.07, 6.45) is 1.01. The summed E-state index contributed by atoms with van der Waals surface area (Å²) in [6, 6.07) is -0.243. The van der Waals surface area contributed by atoms with Crippen molar-refractivity contribution in [3.8, 4) is 0 Å². The van der Waals surface area contributed by atoms with E-state index in [1.807, 2.05) is 6.92 Å². The first-order valence-electron chi connectivity index (χ1n) is 7.21. The maximum Gasteiger partial charge on any atom is 0.317 e. The highest BCUT2D eigenvalue weighted by Crippen LogP contribution is 2.01. The van der Waals surface area contributed by atoms with Crippen molar-refractivity contribution >= 4 is 12.0 Å². The zero-order valence-corrected chi connectivity index (χ0v) is 13.0. The average molecular weight is 288 g/mol. The van der Waals surface area contributed by atoms with Crippen LogP contribution in [0.3, 0.4) is 0 Å². The fourth-order valence-corrected chi connectivity index (χ4v) is 1.53. The second kappa shape index (κ2) is 10.5. The minimum atomic E-state index is -0.895. The molecule has 0 saturated heterocycles. The second-order valence-electron chi connectivity index (χ2n) is 5.30. The zero-order valence-electron chi connectivity index (χ0n) is 13.0. The topological polar surface area (TPSA) is 78.9 Å². The van der Waals surface area contributed by atoms with E-state index in [9.17, 15) is 9.59 Å². The van der Waals surface area contributed by atoms with Crippen LogP contribution >= 0.6 is 0 Å². The number of amides is 2. The Balaban J connectivity index is 3.84. The molecule has 0 aliphatic carbocycles. The summed E-state index contributed by atoms with van der Waals surface area (Å²) < 4.78 is 5.40. The molecule has 0 aliphatic heterocycles. The Morgan fingerprint density at radius 2 is 1.90 bits per heavy atom. The van der Waals surface area contributed by atoms with E-state index >= 15 is 0 Å². The van der Waals surface area contributed by atoms with Crippen LogP contribution in [0, 0.1) is 11.8 Å². The molecule has 0 aromatic heterocycles. The third-order valence-electron chi connectivity index (χ3n) is 2.95. The predicted octanol–water partition coefficient (Wildman–Crippen LogP) is 1.80. The number of hydrogen-bond donors (Lipinski definition) is 2. The number of rotatable bonds is 10. The first-order chi connectivity index (χ1) is 9.38. The van der Waals surface area contributed by atoms with Crippen LogP contribution in [0.1, 0.15) is 34.1 Å². The van der Waals surface area contributed by atoms with Gasteiger partial charge in [-0.1, -0.05) is 20.8 Å². The molecule has 0 saturated carbocycles. The summed E-state index contributed by atoms with van der Waals surface area (Å²) >= 11 is 0. The minimum Gasteiger partial charge on any atom is -0.481 e. The Bertz CT molecular complexity index is 295. The molecule has 0 heterocycles. The zero-order chi connectivity index (χ0) is 15.5. The summed E-state index contributed by atoms with van der Waals surface area (Å²) in [5, 5.41) is 11.6. The first kappa shape index (κ1) is 18.7. The smallest absolute Gasteiger partial charge is 0.317 e. The highest BCUT2D eigenvalue weighted by atomic mass is 16.5. The first-order valence-corrected chi connectivity index (χ1v) is 7.21. The molecule has 0 aromatic rings. The fourth-order valence-electron chi connectivity index (χ4n) is 1.53. The lowest BCUT2D eigenvalue weighted by Crippen LogP contribution is -2.44. The number of carboxylic acid groups (broad SMARTS) is 1. The molecule has 0 bridgehead atoms. The number of carboxylic acids is 1. The van der Waals surface area contributed by atoms with Gasteiger partial charge in [0.05, 0.1) is 12.5 Å². The Morgan fingerprint density at radius 1 is 1.25 bits per heavy atom. The molecular weight excluding hydrogens is 260 g/mol. The average Bonchev–Trinajstić information content (AvgIpc) is 2.38. The van der Waals surface area contributed by atoms with Gasteiger partial charge in [-0.3, -0.25) is 4.79 Å². The van der Waals surface area contributed by atoms with E-state index in [-0.39, 0.29) is 12.6 Å². The van der Waals surface area contributed by atoms with Gasteiger partial charge in [0.15, 0.2) is 0 Å². The largest absolute Gasteiger partial charge is 0.481 e. The van der Waals surface area contributed by atoms with Crippen molar-refractivity contribution in [2.75, 3.05) is 32.8 Å². The number of nitrogens with one attached hydrogen (secondary N) is 1. The van der Waals surface area contributed by atoms with Crippen LogP contribution in [0.5, 0.6) is 0 Å². The highest BCUT2D eigenvalue weighted by molar-refractivity contribution is 5.75. The van der Waals surface area contributed by atoms with Crippen molar-refractivity contribution in [2.45, 2.75) is 34.1 Å². The van der Waals surface area contributed by atoms with Gasteiger partial charge in [-0.05, 0) is 19.3 Å². The number of carbonyl (C=O) groups excluding carboxylic acids is 1. The molecule has 1 unspecified atom stereocenters. The van der Waals surface area contributed by atoms with E-state index in [4.69, 9.17) is 9.84 Å². The van der Waals surface area contributed by atoms with Crippen LogP contribution in [-0.2, 0) is 9.53 Å². The minimum absolute atomic E-state index is 0.214. The van der Waals surface area contributed by atoms with Gasteiger partial charge in [0.2, 0.25) is 0 Å². The van der Waals surface area contributed by atoms with Crippen LogP contribution in [0.4, 0.5) is 4.79 Å². The van der Waals surface area contributed by atoms with Crippen molar-refractivity contribution in [1.82, 2.24) is 10.2 Å². The SMILES string of the molecule is CCN(CC(C)C(=O)O)C(=O)NCCOCCC(C)C. The van der Waals surface area contributed by atoms with Crippen molar-refractivity contribution in [3.05, 3.63) is 0 Å². The summed E-state index contributed by atoms with van der Waals surface area (Å²) in [5.41, 5.74) is 0. The number of nitrogens with zero attached hydrogens (tertiary/aromatic N) is 1. The number of aliphatic carboxylic acids is 1. The number of urea groups is 1. The van der Waals surface area contributed by atoms with Gasteiger partial charge in [-0.15, -0.1) is 0 Å². The summed E-state index contributed by atoms with van der Waals surface area (Å²) in [6.45, 7) is 9.99. The Morgan fingerprint density at radius 3 is 2.40 bits per heavy atom. The third-order valence-corrected chi connectivity index (χ3v) is 2.95. The van der Waals surface area contributed by atoms with E-state index in [0.717, 1.165) is 6.42 Å². The van der Waals surface area contributed by atoms with Crippen molar-refractivity contribution < 1.29 is 19.4 Å². The van der Waals surface area contributed by atoms with Crippen molar-refractivity contribution in [3.63, 3.8) is 0 Å². The van der Waals surface area contributed by atoms with Gasteiger partial charge in [0, 0.05) is 26.2 Å². The second-order valence-corrected chi connectivity index (χ2v) is 5.30.